The van der Waals surface area contributed by atoms with E-state index in [1.807, 2.05) is 0 Å². The maximum atomic E-state index is 12.9. The maximum Gasteiger partial charge on any atom is 0.471 e. The number of alkyl halides is 3. The lowest BCUT2D eigenvalue weighted by Gasteiger charge is -2.03. The van der Waals surface area contributed by atoms with Gasteiger partial charge in [-0.15, -0.1) is 0 Å². The van der Waals surface area contributed by atoms with Gasteiger partial charge in [0.1, 0.15) is 11.9 Å². The van der Waals surface area contributed by atoms with Gasteiger partial charge >= 0.3 is 12.1 Å². The van der Waals surface area contributed by atoms with Gasteiger partial charge in [-0.05, 0) is 19.1 Å². The zero-order valence-electron chi connectivity index (χ0n) is 15.0. The van der Waals surface area contributed by atoms with Crippen molar-refractivity contribution in [2.24, 2.45) is 4.36 Å². The summed E-state index contributed by atoms with van der Waals surface area (Å²) in [5.74, 6) is -1.19. The quantitative estimate of drug-likeness (QED) is 0.490. The Balaban J connectivity index is 1.73. The van der Waals surface area contributed by atoms with Gasteiger partial charge in [0.15, 0.2) is 12.2 Å². The van der Waals surface area contributed by atoms with Crippen molar-refractivity contribution in [1.29, 1.82) is 0 Å². The molecule has 0 amide bonds. The van der Waals surface area contributed by atoms with Gasteiger partial charge in [0.25, 0.3) is 0 Å². The first kappa shape index (κ1) is 19.1. The number of nitrogens with zero attached hydrogens (tertiary/aromatic N) is 6. The Morgan fingerprint density at radius 1 is 1.31 bits per heavy atom. The second-order valence-corrected chi connectivity index (χ2v) is 8.65. The molecule has 9 nitrogen and oxygen atoms in total. The minimum atomic E-state index is -4.73. The summed E-state index contributed by atoms with van der Waals surface area (Å²) in [6, 6.07) is 2.99. The average molecular weight is 426 g/mol. The molecular weight excluding hydrogens is 413 g/mol. The summed E-state index contributed by atoms with van der Waals surface area (Å²) < 4.78 is 65.9. The number of oxazole rings is 1. The van der Waals surface area contributed by atoms with Crippen LogP contribution in [0.25, 0.3) is 17.0 Å². The molecule has 4 rings (SSSR count). The fraction of sp³-hybridized carbons (Fsp3) is 0.250. The molecule has 0 N–H and O–H groups in total. The van der Waals surface area contributed by atoms with Gasteiger partial charge in [-0.2, -0.15) is 22.5 Å². The third-order valence-corrected chi connectivity index (χ3v) is 5.26. The Hall–Kier alpha value is -3.22. The molecular formula is C16H13F3N6O3S. The molecule has 0 aromatic carbocycles. The molecule has 0 spiro atoms. The summed E-state index contributed by atoms with van der Waals surface area (Å²) in [6.07, 6.45) is 0.947. The zero-order valence-corrected chi connectivity index (χ0v) is 15.9. The van der Waals surface area contributed by atoms with Gasteiger partial charge in [0.05, 0.1) is 26.9 Å². The minimum absolute atomic E-state index is 0.0946. The predicted molar refractivity (Wildman–Crippen MR) is 94.6 cm³/mol. The fourth-order valence-electron chi connectivity index (χ4n) is 2.65. The summed E-state index contributed by atoms with van der Waals surface area (Å²) in [5, 5.41) is 3.36. The molecule has 4 aromatic heterocycles. The summed E-state index contributed by atoms with van der Waals surface area (Å²) in [5.41, 5.74) is 1.68. The third kappa shape index (κ3) is 3.85. The number of aryl methyl sites for hydroxylation is 1. The number of hydrogen-bond donors (Lipinski definition) is 0. The zero-order chi connectivity index (χ0) is 20.8. The van der Waals surface area contributed by atoms with Crippen LogP contribution in [0.1, 0.15) is 17.3 Å². The topological polar surface area (TPSA) is 112 Å². The van der Waals surface area contributed by atoms with E-state index in [9.17, 15) is 17.4 Å². The fourth-order valence-corrected chi connectivity index (χ4v) is 3.99. The summed E-state index contributed by atoms with van der Waals surface area (Å²) in [7, 11) is -2.69. The normalized spacial score (nSPS) is 14.2. The second-order valence-electron chi connectivity index (χ2n) is 6.26. The lowest BCUT2D eigenvalue weighted by Crippen LogP contribution is -2.04. The second kappa shape index (κ2) is 6.69. The smallest absolute Gasteiger partial charge is 0.451 e. The van der Waals surface area contributed by atoms with Crippen LogP contribution in [-0.4, -0.2) is 35.0 Å². The number of aromatic nitrogens is 5. The first-order valence-electron chi connectivity index (χ1n) is 8.09. The highest BCUT2D eigenvalue weighted by atomic mass is 32.2. The van der Waals surface area contributed by atoms with Crippen molar-refractivity contribution in [3.63, 3.8) is 0 Å². The predicted octanol–water partition coefficient (Wildman–Crippen LogP) is 3.63. The first-order valence-corrected chi connectivity index (χ1v) is 10.2. The van der Waals surface area contributed by atoms with Crippen LogP contribution in [-0.2, 0) is 21.7 Å². The highest BCUT2D eigenvalue weighted by Crippen LogP contribution is 2.30. The molecule has 152 valence electrons. The van der Waals surface area contributed by atoms with Crippen molar-refractivity contribution >= 4 is 21.2 Å². The van der Waals surface area contributed by atoms with Crippen molar-refractivity contribution in [3.05, 3.63) is 48.3 Å². The van der Waals surface area contributed by atoms with Crippen molar-refractivity contribution in [1.82, 2.24) is 24.5 Å². The number of pyridine rings is 1. The van der Waals surface area contributed by atoms with Crippen molar-refractivity contribution in [2.45, 2.75) is 18.9 Å². The highest BCUT2D eigenvalue weighted by Gasteiger charge is 2.38. The molecule has 1 unspecified atom stereocenters. The minimum Gasteiger partial charge on any atom is -0.451 e. The van der Waals surface area contributed by atoms with Crippen LogP contribution >= 0.6 is 0 Å². The monoisotopic (exact) mass is 426 g/mol. The summed E-state index contributed by atoms with van der Waals surface area (Å²) in [6.45, 7) is 1.69. The number of rotatable bonds is 4. The van der Waals surface area contributed by atoms with E-state index in [2.05, 4.69) is 29.0 Å². The van der Waals surface area contributed by atoms with Crippen molar-refractivity contribution in [2.75, 3.05) is 6.26 Å². The standard InChI is InChI=1S/C16H13F3N6O3S/c1-9-14(24-29(2,26)7-11-6-27-8-20-11)25-4-3-10(5-12(25)21-9)13-22-15(28-23-13)16(17,18)19/h3-6,8H,7H2,1-2H3. The molecule has 0 saturated carbocycles. The number of imidazole rings is 1. The van der Waals surface area contributed by atoms with Crippen LogP contribution in [0.15, 0.2) is 44.3 Å². The van der Waals surface area contributed by atoms with E-state index >= 15 is 0 Å². The third-order valence-electron chi connectivity index (χ3n) is 3.87. The van der Waals surface area contributed by atoms with E-state index in [0.29, 0.717) is 22.9 Å². The molecule has 0 bridgehead atoms. The Kier molecular flexibility index (Phi) is 4.41. The Morgan fingerprint density at radius 3 is 2.76 bits per heavy atom. The van der Waals surface area contributed by atoms with Gasteiger partial charge in [-0.3, -0.25) is 4.40 Å². The Bertz CT molecular complexity index is 1300. The summed E-state index contributed by atoms with van der Waals surface area (Å²) >= 11 is 0. The number of fused-ring (bicyclic) bond motifs is 1. The highest BCUT2D eigenvalue weighted by molar-refractivity contribution is 7.92. The largest absolute Gasteiger partial charge is 0.471 e. The first-order chi connectivity index (χ1) is 13.6. The molecule has 0 aliphatic rings. The molecule has 4 aromatic rings. The van der Waals surface area contributed by atoms with E-state index in [0.717, 1.165) is 0 Å². The van der Waals surface area contributed by atoms with Gasteiger partial charge in [-0.1, -0.05) is 5.16 Å². The molecule has 0 aliphatic carbocycles. The molecule has 0 aliphatic heterocycles. The van der Waals surface area contributed by atoms with Crippen LogP contribution in [0.3, 0.4) is 0 Å². The van der Waals surface area contributed by atoms with Gasteiger partial charge in [0.2, 0.25) is 5.82 Å². The van der Waals surface area contributed by atoms with Crippen LogP contribution in [0.5, 0.6) is 0 Å². The van der Waals surface area contributed by atoms with Crippen LogP contribution in [0.4, 0.5) is 19.0 Å². The van der Waals surface area contributed by atoms with Crippen LogP contribution in [0.2, 0.25) is 0 Å². The van der Waals surface area contributed by atoms with Crippen LogP contribution < -0.4 is 0 Å². The number of hydrogen-bond acceptors (Lipinski definition) is 8. The molecule has 4 heterocycles. The van der Waals surface area contributed by atoms with Gasteiger partial charge in [-0.25, -0.2) is 14.2 Å². The Labute approximate surface area is 161 Å². The van der Waals surface area contributed by atoms with E-state index in [1.165, 1.54) is 31.0 Å². The SMILES string of the molecule is Cc1nc2cc(-c3noc(C(F)(F)F)n3)ccn2c1N=S(C)(=O)Cc1cocn1. The number of halogens is 3. The maximum absolute atomic E-state index is 12.9. The van der Waals surface area contributed by atoms with E-state index < -0.39 is 21.8 Å². The molecule has 0 fully saturated rings. The summed E-state index contributed by atoms with van der Waals surface area (Å²) in [4.78, 5) is 11.6. The molecule has 1 atom stereocenters. The van der Waals surface area contributed by atoms with E-state index in [4.69, 9.17) is 4.42 Å². The van der Waals surface area contributed by atoms with Crippen molar-refractivity contribution < 1.29 is 26.3 Å². The van der Waals surface area contributed by atoms with E-state index in [1.54, 1.807) is 17.5 Å². The molecule has 0 saturated heterocycles. The van der Waals surface area contributed by atoms with Gasteiger partial charge < -0.3 is 8.94 Å². The Morgan fingerprint density at radius 2 is 2.10 bits per heavy atom. The lowest BCUT2D eigenvalue weighted by atomic mass is 10.2. The van der Waals surface area contributed by atoms with E-state index in [-0.39, 0.29) is 17.1 Å². The van der Waals surface area contributed by atoms with Crippen molar-refractivity contribution in [3.8, 4) is 11.4 Å². The van der Waals surface area contributed by atoms with Gasteiger partial charge in [0, 0.05) is 18.0 Å². The molecule has 13 heteroatoms. The lowest BCUT2D eigenvalue weighted by molar-refractivity contribution is -0.159. The van der Waals surface area contributed by atoms with Crippen LogP contribution in [0, 0.1) is 6.92 Å². The molecule has 29 heavy (non-hydrogen) atoms. The molecule has 0 radical (unpaired) electrons. The average Bonchev–Trinajstić information content (AvgIpc) is 3.35.